The van der Waals surface area contributed by atoms with Crippen LogP contribution in [-0.2, 0) is 25.7 Å². The summed E-state index contributed by atoms with van der Waals surface area (Å²) in [6.45, 7) is 9.30. The third kappa shape index (κ3) is 2.12. The molecular formula is C28H28. The van der Waals surface area contributed by atoms with Crippen molar-refractivity contribution in [3.8, 4) is 0 Å². The van der Waals surface area contributed by atoms with Crippen LogP contribution in [0.2, 0.25) is 0 Å². The van der Waals surface area contributed by atoms with E-state index < -0.39 is 0 Å². The van der Waals surface area contributed by atoms with Crippen molar-refractivity contribution >= 4 is 43.1 Å². The quantitative estimate of drug-likeness (QED) is 0.224. The molecule has 0 saturated carbocycles. The van der Waals surface area contributed by atoms with Gasteiger partial charge in [0, 0.05) is 0 Å². The minimum atomic E-state index is 1.09. The van der Waals surface area contributed by atoms with Gasteiger partial charge in [-0.1, -0.05) is 76.2 Å². The lowest BCUT2D eigenvalue weighted by Crippen LogP contribution is -2.04. The second-order valence-electron chi connectivity index (χ2n) is 7.96. The van der Waals surface area contributed by atoms with Crippen molar-refractivity contribution in [2.75, 3.05) is 0 Å². The molecule has 5 rings (SSSR count). The first-order chi connectivity index (χ1) is 13.7. The third-order valence-electron chi connectivity index (χ3n) is 6.78. The largest absolute Gasteiger partial charge is 0.0613 e. The Morgan fingerprint density at radius 2 is 1.07 bits per heavy atom. The first-order valence-corrected chi connectivity index (χ1v) is 10.9. The van der Waals surface area contributed by atoms with E-state index in [0.717, 1.165) is 25.7 Å². The SMILES string of the molecule is CCc1c(CC)c2c(CC)ccc3c4cccc5cccc(c(c1CC)c23)c54. The Hall–Kier alpha value is -2.60. The third-order valence-corrected chi connectivity index (χ3v) is 6.78. The molecule has 0 fully saturated rings. The van der Waals surface area contributed by atoms with E-state index in [9.17, 15) is 0 Å². The number of aryl methyl sites for hydroxylation is 3. The number of hydrogen-bond donors (Lipinski definition) is 0. The van der Waals surface area contributed by atoms with Crippen LogP contribution in [0.1, 0.15) is 49.9 Å². The average molecular weight is 365 g/mol. The van der Waals surface area contributed by atoms with E-state index in [1.165, 1.54) is 48.7 Å². The lowest BCUT2D eigenvalue weighted by atomic mass is 9.80. The molecule has 0 aromatic heterocycles. The van der Waals surface area contributed by atoms with Crippen molar-refractivity contribution in [2.24, 2.45) is 0 Å². The Kier molecular flexibility index (Phi) is 4.05. The van der Waals surface area contributed by atoms with Gasteiger partial charge < -0.3 is 0 Å². The zero-order chi connectivity index (χ0) is 19.4. The summed E-state index contributed by atoms with van der Waals surface area (Å²) in [5.41, 5.74) is 6.25. The maximum Gasteiger partial charge on any atom is -0.00179 e. The smallest absolute Gasteiger partial charge is 0.00179 e. The summed E-state index contributed by atoms with van der Waals surface area (Å²) in [5, 5.41) is 11.6. The van der Waals surface area contributed by atoms with E-state index >= 15 is 0 Å². The molecule has 0 atom stereocenters. The first-order valence-electron chi connectivity index (χ1n) is 10.9. The van der Waals surface area contributed by atoms with E-state index in [4.69, 9.17) is 0 Å². The zero-order valence-corrected chi connectivity index (χ0v) is 17.4. The first kappa shape index (κ1) is 17.5. The molecule has 0 saturated heterocycles. The van der Waals surface area contributed by atoms with Gasteiger partial charge in [0.2, 0.25) is 0 Å². The number of fused-ring (bicyclic) bond motifs is 2. The van der Waals surface area contributed by atoms with Crippen LogP contribution in [0.15, 0.2) is 48.5 Å². The van der Waals surface area contributed by atoms with Crippen LogP contribution in [0.3, 0.4) is 0 Å². The number of hydrogen-bond acceptors (Lipinski definition) is 0. The van der Waals surface area contributed by atoms with Gasteiger partial charge in [-0.2, -0.15) is 0 Å². The topological polar surface area (TPSA) is 0 Å². The van der Waals surface area contributed by atoms with Gasteiger partial charge in [0.15, 0.2) is 0 Å². The lowest BCUT2D eigenvalue weighted by molar-refractivity contribution is 0.999. The molecule has 0 heteroatoms. The lowest BCUT2D eigenvalue weighted by Gasteiger charge is -2.24. The Morgan fingerprint density at radius 1 is 0.464 bits per heavy atom. The maximum atomic E-state index is 2.39. The van der Waals surface area contributed by atoms with Gasteiger partial charge in [-0.25, -0.2) is 0 Å². The normalized spacial score (nSPS) is 12.1. The fraction of sp³-hybridized carbons (Fsp3) is 0.286. The maximum absolute atomic E-state index is 2.39. The fourth-order valence-electron chi connectivity index (χ4n) is 5.68. The molecule has 0 aliphatic heterocycles. The minimum absolute atomic E-state index is 1.09. The van der Waals surface area contributed by atoms with Crippen LogP contribution >= 0.6 is 0 Å². The summed E-state index contributed by atoms with van der Waals surface area (Å²) in [6.07, 6.45) is 4.40. The van der Waals surface area contributed by atoms with E-state index in [1.54, 1.807) is 16.7 Å². The highest BCUT2D eigenvalue weighted by Gasteiger charge is 2.21. The number of rotatable bonds is 4. The van der Waals surface area contributed by atoms with Crippen molar-refractivity contribution < 1.29 is 0 Å². The summed E-state index contributed by atoms with van der Waals surface area (Å²) in [7, 11) is 0. The van der Waals surface area contributed by atoms with Crippen LogP contribution in [0.5, 0.6) is 0 Å². The zero-order valence-electron chi connectivity index (χ0n) is 17.4. The van der Waals surface area contributed by atoms with Gasteiger partial charge in [0.05, 0.1) is 0 Å². The van der Waals surface area contributed by atoms with Gasteiger partial charge in [-0.3, -0.25) is 0 Å². The molecule has 0 bridgehead atoms. The summed E-state index contributed by atoms with van der Waals surface area (Å²) in [5.74, 6) is 0. The Balaban J connectivity index is 2.24. The van der Waals surface area contributed by atoms with E-state index in [1.807, 2.05) is 0 Å². The molecule has 0 amide bonds. The molecule has 0 aliphatic rings. The minimum Gasteiger partial charge on any atom is -0.0613 e. The van der Waals surface area contributed by atoms with Crippen LogP contribution in [0.4, 0.5) is 0 Å². The standard InChI is InChI=1S/C28H28/c1-5-17-15-16-23-22-13-9-11-18-12-10-14-24(25(18)22)27-21(8-4)19(6-2)20(7-3)26(17)28(23)27/h9-16H,5-8H2,1-4H3. The van der Waals surface area contributed by atoms with E-state index in [-0.39, 0.29) is 0 Å². The molecule has 0 nitrogen and oxygen atoms in total. The highest BCUT2D eigenvalue weighted by molar-refractivity contribution is 6.34. The summed E-state index contributed by atoms with van der Waals surface area (Å²) < 4.78 is 0. The molecule has 28 heavy (non-hydrogen) atoms. The summed E-state index contributed by atoms with van der Waals surface area (Å²) in [4.78, 5) is 0. The highest BCUT2D eigenvalue weighted by Crippen LogP contribution is 2.45. The molecule has 5 aromatic carbocycles. The van der Waals surface area contributed by atoms with E-state index in [2.05, 4.69) is 76.2 Å². The van der Waals surface area contributed by atoms with Crippen molar-refractivity contribution in [1.82, 2.24) is 0 Å². The predicted octanol–water partition coefficient (Wildman–Crippen LogP) is 7.99. The molecule has 5 aromatic rings. The van der Waals surface area contributed by atoms with Crippen molar-refractivity contribution in [3.63, 3.8) is 0 Å². The molecule has 0 N–H and O–H groups in total. The molecule has 0 heterocycles. The molecule has 0 unspecified atom stereocenters. The molecule has 0 radical (unpaired) electrons. The summed E-state index contributed by atoms with van der Waals surface area (Å²) in [6, 6.07) is 18.4. The molecule has 0 aliphatic carbocycles. The van der Waals surface area contributed by atoms with Crippen molar-refractivity contribution in [3.05, 3.63) is 70.8 Å². The second-order valence-corrected chi connectivity index (χ2v) is 7.96. The Bertz CT molecular complexity index is 1330. The van der Waals surface area contributed by atoms with Crippen LogP contribution in [-0.4, -0.2) is 0 Å². The summed E-state index contributed by atoms with van der Waals surface area (Å²) >= 11 is 0. The Morgan fingerprint density at radius 3 is 1.71 bits per heavy atom. The Labute approximate surface area is 167 Å². The average Bonchev–Trinajstić information content (AvgIpc) is 2.75. The van der Waals surface area contributed by atoms with Gasteiger partial charge in [0.1, 0.15) is 0 Å². The number of benzene rings is 5. The van der Waals surface area contributed by atoms with Gasteiger partial charge in [-0.05, 0) is 91.0 Å². The molecular weight excluding hydrogens is 336 g/mol. The fourth-order valence-corrected chi connectivity index (χ4v) is 5.68. The van der Waals surface area contributed by atoms with Crippen molar-refractivity contribution in [1.29, 1.82) is 0 Å². The van der Waals surface area contributed by atoms with Gasteiger partial charge in [0.25, 0.3) is 0 Å². The van der Waals surface area contributed by atoms with Crippen LogP contribution in [0.25, 0.3) is 43.1 Å². The van der Waals surface area contributed by atoms with E-state index in [0.29, 0.717) is 0 Å². The van der Waals surface area contributed by atoms with Crippen LogP contribution < -0.4 is 0 Å². The highest BCUT2D eigenvalue weighted by atomic mass is 14.2. The second kappa shape index (κ2) is 6.48. The van der Waals surface area contributed by atoms with Gasteiger partial charge >= 0.3 is 0 Å². The molecule has 0 spiro atoms. The van der Waals surface area contributed by atoms with Crippen molar-refractivity contribution in [2.45, 2.75) is 53.4 Å². The monoisotopic (exact) mass is 364 g/mol. The van der Waals surface area contributed by atoms with Crippen LogP contribution in [0, 0.1) is 0 Å². The van der Waals surface area contributed by atoms with Gasteiger partial charge in [-0.15, -0.1) is 0 Å². The molecule has 140 valence electrons. The predicted molar refractivity (Wildman–Crippen MR) is 125 cm³/mol.